The number of ether oxygens (including phenoxy) is 2. The van der Waals surface area contributed by atoms with Crippen LogP contribution in [0.4, 0.5) is 13.2 Å². The van der Waals surface area contributed by atoms with Crippen molar-refractivity contribution < 1.29 is 32.9 Å². The van der Waals surface area contributed by atoms with E-state index < -0.39 is 53.8 Å². The number of benzene rings is 1. The summed E-state index contributed by atoms with van der Waals surface area (Å²) in [5.41, 5.74) is -0.654. The molecule has 1 fully saturated rings. The lowest BCUT2D eigenvalue weighted by Crippen LogP contribution is -2.56. The van der Waals surface area contributed by atoms with Crippen molar-refractivity contribution in [2.45, 2.75) is 54.6 Å². The van der Waals surface area contributed by atoms with Crippen molar-refractivity contribution in [2.75, 3.05) is 6.61 Å². The molecule has 0 radical (unpaired) electrons. The van der Waals surface area contributed by atoms with Gasteiger partial charge in [0.05, 0.1) is 18.9 Å². The van der Waals surface area contributed by atoms with Crippen LogP contribution in [-0.4, -0.2) is 66.6 Å². The van der Waals surface area contributed by atoms with Crippen molar-refractivity contribution in [3.63, 3.8) is 0 Å². The molecule has 0 bridgehead atoms. The van der Waals surface area contributed by atoms with Crippen LogP contribution in [0, 0.1) is 17.5 Å². The van der Waals surface area contributed by atoms with Gasteiger partial charge in [0, 0.05) is 27.3 Å². The molecule has 188 valence electrons. The summed E-state index contributed by atoms with van der Waals surface area (Å²) in [5, 5.41) is 28.9. The second kappa shape index (κ2) is 10.9. The van der Waals surface area contributed by atoms with Crippen LogP contribution in [0.15, 0.2) is 46.2 Å². The van der Waals surface area contributed by atoms with E-state index in [9.17, 15) is 23.4 Å². The van der Waals surface area contributed by atoms with Crippen LogP contribution in [0.1, 0.15) is 19.9 Å². The Morgan fingerprint density at radius 2 is 1.91 bits per heavy atom. The molecule has 4 rings (SSSR count). The molecular formula is C22H22BrF3N4O4S. The van der Waals surface area contributed by atoms with E-state index in [1.807, 2.05) is 19.9 Å². The number of hydrogen-bond acceptors (Lipinski definition) is 8. The molecule has 0 saturated carbocycles. The van der Waals surface area contributed by atoms with E-state index in [4.69, 9.17) is 9.47 Å². The molecule has 2 N–H and O–H groups in total. The van der Waals surface area contributed by atoms with Crippen molar-refractivity contribution in [3.8, 4) is 11.3 Å². The van der Waals surface area contributed by atoms with Crippen LogP contribution in [0.5, 0.6) is 0 Å². The Hall–Kier alpha value is -2.03. The molecule has 1 aliphatic heterocycles. The minimum absolute atomic E-state index is 0.0274. The van der Waals surface area contributed by atoms with Gasteiger partial charge in [-0.3, -0.25) is 4.98 Å². The van der Waals surface area contributed by atoms with E-state index in [2.05, 4.69) is 31.2 Å². The third-order valence-corrected chi connectivity index (χ3v) is 6.82. The van der Waals surface area contributed by atoms with Crippen LogP contribution < -0.4 is 0 Å². The summed E-state index contributed by atoms with van der Waals surface area (Å²) in [7, 11) is 0. The second-order valence-electron chi connectivity index (χ2n) is 8.15. The lowest BCUT2D eigenvalue weighted by molar-refractivity contribution is -0.201. The zero-order chi connectivity index (χ0) is 25.3. The molecule has 0 spiro atoms. The summed E-state index contributed by atoms with van der Waals surface area (Å²) >= 11 is 4.67. The first-order valence-corrected chi connectivity index (χ1v) is 12.3. The van der Waals surface area contributed by atoms with Crippen LogP contribution in [-0.2, 0) is 9.47 Å². The number of thioether (sulfide) groups is 1. The molecule has 0 amide bonds. The Morgan fingerprint density at radius 1 is 1.20 bits per heavy atom. The standard InChI is InChI=1S/C22H22BrF3N4O4S/c1-10(2)33-21-19(30-8-16(28-29-30)11-3-14(24)18(26)15(25)4-11)20(32)17(9-31)34-22(21)35-13-5-12(23)6-27-7-13/h3-8,10,17,19-22,31-32H,9H2,1-2H3/t17?,19?,20-,21-,22+/m0/s1. The number of hydrogen-bond donors (Lipinski definition) is 2. The van der Waals surface area contributed by atoms with Gasteiger partial charge in [-0.1, -0.05) is 17.0 Å². The Morgan fingerprint density at radius 3 is 2.54 bits per heavy atom. The molecule has 2 aromatic heterocycles. The van der Waals surface area contributed by atoms with Gasteiger partial charge in [0.15, 0.2) is 17.5 Å². The molecule has 13 heteroatoms. The Labute approximate surface area is 211 Å². The highest BCUT2D eigenvalue weighted by atomic mass is 79.9. The lowest BCUT2D eigenvalue weighted by Gasteiger charge is -2.44. The first-order valence-electron chi connectivity index (χ1n) is 10.6. The maximum absolute atomic E-state index is 13.8. The van der Waals surface area contributed by atoms with Gasteiger partial charge >= 0.3 is 0 Å². The van der Waals surface area contributed by atoms with Crippen LogP contribution in [0.25, 0.3) is 11.3 Å². The number of aliphatic hydroxyl groups excluding tert-OH is 2. The van der Waals surface area contributed by atoms with Crippen molar-refractivity contribution in [1.82, 2.24) is 20.0 Å². The highest BCUT2D eigenvalue weighted by Crippen LogP contribution is 2.40. The van der Waals surface area contributed by atoms with Gasteiger partial charge < -0.3 is 19.7 Å². The SMILES string of the molecule is CC(C)O[C@H]1C(n2cc(-c3cc(F)c(F)c(F)c3)nn2)[C@@H](O)C(CO)O[C@@H]1Sc1cncc(Br)c1. The zero-order valence-electron chi connectivity index (χ0n) is 18.6. The molecule has 5 atom stereocenters. The third-order valence-electron chi connectivity index (χ3n) is 5.28. The fourth-order valence-corrected chi connectivity index (χ4v) is 5.43. The number of halogens is 4. The summed E-state index contributed by atoms with van der Waals surface area (Å²) in [6.07, 6.45) is 1.39. The molecule has 35 heavy (non-hydrogen) atoms. The Kier molecular flexibility index (Phi) is 8.13. The van der Waals surface area contributed by atoms with E-state index in [1.165, 1.54) is 22.6 Å². The van der Waals surface area contributed by atoms with Crippen LogP contribution >= 0.6 is 27.7 Å². The first-order chi connectivity index (χ1) is 16.7. The minimum Gasteiger partial charge on any atom is -0.394 e. The Bertz CT molecular complexity index is 1160. The summed E-state index contributed by atoms with van der Waals surface area (Å²) in [6, 6.07) is 2.58. The maximum Gasteiger partial charge on any atom is 0.194 e. The molecule has 2 unspecified atom stereocenters. The fraction of sp³-hybridized carbons (Fsp3) is 0.409. The monoisotopic (exact) mass is 574 g/mol. The topological polar surface area (TPSA) is 103 Å². The fourth-order valence-electron chi connectivity index (χ4n) is 3.77. The molecule has 1 saturated heterocycles. The second-order valence-corrected chi connectivity index (χ2v) is 10.2. The highest BCUT2D eigenvalue weighted by molar-refractivity contribution is 9.10. The molecule has 3 heterocycles. The normalized spacial score (nSPS) is 24.8. The molecule has 8 nitrogen and oxygen atoms in total. The molecule has 1 aliphatic rings. The Balaban J connectivity index is 1.71. The number of aliphatic hydroxyl groups is 2. The minimum atomic E-state index is -1.58. The number of pyridine rings is 1. The van der Waals surface area contributed by atoms with E-state index >= 15 is 0 Å². The maximum atomic E-state index is 13.8. The van der Waals surface area contributed by atoms with Crippen LogP contribution in [0.3, 0.4) is 0 Å². The number of nitrogens with zero attached hydrogens (tertiary/aromatic N) is 4. The number of aromatic nitrogens is 4. The van der Waals surface area contributed by atoms with Gasteiger partial charge in [0.25, 0.3) is 0 Å². The van der Waals surface area contributed by atoms with Gasteiger partial charge in [0.2, 0.25) is 0 Å². The molecular weight excluding hydrogens is 553 g/mol. The van der Waals surface area contributed by atoms with E-state index in [0.717, 1.165) is 21.5 Å². The lowest BCUT2D eigenvalue weighted by atomic mass is 9.97. The summed E-state index contributed by atoms with van der Waals surface area (Å²) in [4.78, 5) is 4.90. The van der Waals surface area contributed by atoms with E-state index in [-0.39, 0.29) is 17.4 Å². The third kappa shape index (κ3) is 5.70. The summed E-state index contributed by atoms with van der Waals surface area (Å²) < 4.78 is 55.1. The molecule has 0 aliphatic carbocycles. The predicted molar refractivity (Wildman–Crippen MR) is 124 cm³/mol. The quantitative estimate of drug-likeness (QED) is 0.412. The smallest absolute Gasteiger partial charge is 0.194 e. The van der Waals surface area contributed by atoms with Crippen molar-refractivity contribution in [1.29, 1.82) is 0 Å². The average Bonchev–Trinajstić information content (AvgIpc) is 3.28. The van der Waals surface area contributed by atoms with Crippen molar-refractivity contribution >= 4 is 27.7 Å². The average molecular weight is 575 g/mol. The van der Waals surface area contributed by atoms with Crippen molar-refractivity contribution in [2.24, 2.45) is 0 Å². The van der Waals surface area contributed by atoms with Gasteiger partial charge in [-0.15, -0.1) is 5.10 Å². The predicted octanol–water partition coefficient (Wildman–Crippen LogP) is 3.73. The largest absolute Gasteiger partial charge is 0.394 e. The zero-order valence-corrected chi connectivity index (χ0v) is 21.0. The van der Waals surface area contributed by atoms with Crippen LogP contribution in [0.2, 0.25) is 0 Å². The first kappa shape index (κ1) is 26.0. The van der Waals surface area contributed by atoms with Gasteiger partial charge in [-0.05, 0) is 48.0 Å². The van der Waals surface area contributed by atoms with Gasteiger partial charge in [0.1, 0.15) is 35.5 Å². The van der Waals surface area contributed by atoms with E-state index in [1.54, 1.807) is 12.4 Å². The highest BCUT2D eigenvalue weighted by Gasteiger charge is 2.48. The summed E-state index contributed by atoms with van der Waals surface area (Å²) in [5.74, 6) is -4.30. The van der Waals surface area contributed by atoms with Gasteiger partial charge in [-0.25, -0.2) is 17.9 Å². The van der Waals surface area contributed by atoms with Gasteiger partial charge in [-0.2, -0.15) is 0 Å². The van der Waals surface area contributed by atoms with E-state index in [0.29, 0.717) is 0 Å². The molecule has 1 aromatic carbocycles. The number of rotatable bonds is 7. The molecule has 3 aromatic rings. The summed E-state index contributed by atoms with van der Waals surface area (Å²) in [6.45, 7) is 3.16. The van der Waals surface area contributed by atoms with Crippen molar-refractivity contribution in [3.05, 3.63) is 58.7 Å².